The number of benzene rings is 1. The van der Waals surface area contributed by atoms with E-state index in [0.29, 0.717) is 0 Å². The van der Waals surface area contributed by atoms with Crippen LogP contribution in [0.5, 0.6) is 5.88 Å². The molecule has 4 atom stereocenters. The van der Waals surface area contributed by atoms with E-state index < -0.39 is 24.7 Å². The van der Waals surface area contributed by atoms with Crippen LogP contribution in [0, 0.1) is 3.57 Å². The van der Waals surface area contributed by atoms with Crippen LogP contribution < -0.4 is 10.1 Å². The van der Waals surface area contributed by atoms with Crippen molar-refractivity contribution < 1.29 is 29.6 Å². The first-order valence-electron chi connectivity index (χ1n) is 8.92. The van der Waals surface area contributed by atoms with E-state index in [1.165, 1.54) is 17.8 Å². The molecule has 1 amide bonds. The van der Waals surface area contributed by atoms with E-state index >= 15 is 0 Å². The number of imidazole rings is 1. The van der Waals surface area contributed by atoms with Gasteiger partial charge in [0, 0.05) is 10.5 Å². The summed E-state index contributed by atoms with van der Waals surface area (Å²) in [7, 11) is 0. The maximum Gasteiger partial charge on any atom is 0.247 e. The second-order valence-electron chi connectivity index (χ2n) is 6.67. The molecule has 0 bridgehead atoms. The van der Waals surface area contributed by atoms with Gasteiger partial charge in [-0.15, -0.1) is 0 Å². The number of fused-ring (bicyclic) bond motifs is 1. The monoisotopic (exact) mass is 527 g/mol. The summed E-state index contributed by atoms with van der Waals surface area (Å²) in [6.45, 7) is 1.52. The lowest BCUT2D eigenvalue weighted by Gasteiger charge is -2.16. The molecule has 30 heavy (non-hydrogen) atoms. The first-order valence-corrected chi connectivity index (χ1v) is 10.0. The average molecular weight is 527 g/mol. The lowest BCUT2D eigenvalue weighted by Crippen LogP contribution is -2.31. The molecule has 3 heterocycles. The molecular weight excluding hydrogens is 509 g/mol. The van der Waals surface area contributed by atoms with E-state index in [4.69, 9.17) is 9.47 Å². The SMILES string of the molecule is CC(=O)Nc1nc(OCc2ccc(I)cc2)c2ncn([C@@H]3O[C@H](O)[C@@H](O)[C@H]3O)c2n1. The van der Waals surface area contributed by atoms with Crippen molar-refractivity contribution in [1.29, 1.82) is 0 Å². The van der Waals surface area contributed by atoms with Crippen LogP contribution in [-0.4, -0.2) is 59.2 Å². The number of carbonyl (C=O) groups excluding carboxylic acids is 1. The number of amides is 1. The number of aliphatic hydroxyl groups excluding tert-OH is 3. The van der Waals surface area contributed by atoms with E-state index in [0.717, 1.165) is 9.13 Å². The van der Waals surface area contributed by atoms with Crippen molar-refractivity contribution in [2.75, 3.05) is 5.32 Å². The minimum atomic E-state index is -1.56. The second-order valence-corrected chi connectivity index (χ2v) is 7.92. The number of ether oxygens (including phenoxy) is 2. The van der Waals surface area contributed by atoms with E-state index in [2.05, 4.69) is 42.9 Å². The van der Waals surface area contributed by atoms with E-state index in [9.17, 15) is 20.1 Å². The molecule has 2 aromatic heterocycles. The summed E-state index contributed by atoms with van der Waals surface area (Å²) in [5.41, 5.74) is 1.36. The lowest BCUT2D eigenvalue weighted by molar-refractivity contribution is -0.141. The maximum absolute atomic E-state index is 11.5. The van der Waals surface area contributed by atoms with Crippen LogP contribution in [0.4, 0.5) is 5.95 Å². The number of hydrogen-bond acceptors (Lipinski definition) is 9. The number of carbonyl (C=O) groups is 1. The molecule has 11 nitrogen and oxygen atoms in total. The minimum Gasteiger partial charge on any atom is -0.471 e. The molecule has 0 spiro atoms. The Bertz CT molecular complexity index is 1070. The third kappa shape index (κ3) is 4.09. The summed E-state index contributed by atoms with van der Waals surface area (Å²) in [6, 6.07) is 7.72. The van der Waals surface area contributed by atoms with Gasteiger partial charge in [0.2, 0.25) is 17.7 Å². The van der Waals surface area contributed by atoms with Crippen molar-refractivity contribution in [3.05, 3.63) is 39.7 Å². The number of aromatic nitrogens is 4. The number of hydrogen-bond donors (Lipinski definition) is 4. The third-order valence-electron chi connectivity index (χ3n) is 4.45. The highest BCUT2D eigenvalue weighted by Gasteiger charge is 2.43. The van der Waals surface area contributed by atoms with Crippen LogP contribution in [0.2, 0.25) is 0 Å². The van der Waals surface area contributed by atoms with Crippen LogP contribution in [0.25, 0.3) is 11.2 Å². The normalized spacial score (nSPS) is 23.6. The van der Waals surface area contributed by atoms with Crippen molar-refractivity contribution in [1.82, 2.24) is 19.5 Å². The number of aliphatic hydroxyl groups is 3. The van der Waals surface area contributed by atoms with E-state index in [-0.39, 0.29) is 35.5 Å². The highest BCUT2D eigenvalue weighted by molar-refractivity contribution is 14.1. The standard InChI is InChI=1S/C18H18IN5O6/c1-8(25)21-18-22-14-11(15(23-18)29-6-9-2-4-10(19)5-3-9)20-7-24(14)16-12(26)13(27)17(28)30-16/h2-5,7,12-13,16-17,26-28H,6H2,1H3,(H,21,22,23,25)/t12-,13+,16-,17+/m1/s1. The van der Waals surface area contributed by atoms with Gasteiger partial charge in [-0.1, -0.05) is 12.1 Å². The molecule has 1 saturated heterocycles. The molecular formula is C18H18IN5O6. The van der Waals surface area contributed by atoms with Crippen molar-refractivity contribution in [3.8, 4) is 5.88 Å². The number of nitrogens with one attached hydrogen (secondary N) is 1. The van der Waals surface area contributed by atoms with Crippen LogP contribution >= 0.6 is 22.6 Å². The van der Waals surface area contributed by atoms with Crippen LogP contribution in [0.15, 0.2) is 30.6 Å². The largest absolute Gasteiger partial charge is 0.471 e. The topological polar surface area (TPSA) is 152 Å². The lowest BCUT2D eigenvalue weighted by atomic mass is 10.2. The Hall–Kier alpha value is -2.39. The van der Waals surface area contributed by atoms with Crippen LogP contribution in [-0.2, 0) is 16.1 Å². The highest BCUT2D eigenvalue weighted by Crippen LogP contribution is 2.32. The highest BCUT2D eigenvalue weighted by atomic mass is 127. The van der Waals surface area contributed by atoms with Gasteiger partial charge < -0.3 is 24.8 Å². The Labute approximate surface area is 183 Å². The molecule has 1 aliphatic rings. The maximum atomic E-state index is 11.5. The van der Waals surface area contributed by atoms with Gasteiger partial charge in [-0.25, -0.2) is 4.98 Å². The number of anilines is 1. The van der Waals surface area contributed by atoms with E-state index in [1.54, 1.807) is 0 Å². The van der Waals surface area contributed by atoms with Gasteiger partial charge >= 0.3 is 0 Å². The fourth-order valence-corrected chi connectivity index (χ4v) is 3.35. The Morgan fingerprint density at radius 1 is 1.23 bits per heavy atom. The molecule has 0 radical (unpaired) electrons. The smallest absolute Gasteiger partial charge is 0.247 e. The summed E-state index contributed by atoms with van der Waals surface area (Å²) in [4.78, 5) is 24.2. The van der Waals surface area contributed by atoms with Gasteiger partial charge in [-0.2, -0.15) is 9.97 Å². The van der Waals surface area contributed by atoms with Crippen molar-refractivity contribution in [2.45, 2.75) is 38.3 Å². The summed E-state index contributed by atoms with van der Waals surface area (Å²) in [6.07, 6.45) is -4.26. The zero-order chi connectivity index (χ0) is 21.4. The first kappa shape index (κ1) is 20.9. The van der Waals surface area contributed by atoms with Gasteiger partial charge in [0.1, 0.15) is 18.8 Å². The van der Waals surface area contributed by atoms with E-state index in [1.807, 2.05) is 24.3 Å². The molecule has 4 rings (SSSR count). The van der Waals surface area contributed by atoms with Gasteiger partial charge in [0.25, 0.3) is 0 Å². The van der Waals surface area contributed by atoms with Crippen LogP contribution in [0.3, 0.4) is 0 Å². The third-order valence-corrected chi connectivity index (χ3v) is 5.17. The molecule has 4 N–H and O–H groups in total. The molecule has 0 aliphatic carbocycles. The summed E-state index contributed by atoms with van der Waals surface area (Å²) >= 11 is 2.21. The molecule has 1 aromatic carbocycles. The Morgan fingerprint density at radius 3 is 2.60 bits per heavy atom. The second kappa shape index (κ2) is 8.39. The zero-order valence-electron chi connectivity index (χ0n) is 15.6. The molecule has 1 fully saturated rings. The molecule has 3 aromatic rings. The van der Waals surface area contributed by atoms with Gasteiger partial charge in [-0.3, -0.25) is 14.7 Å². The average Bonchev–Trinajstić information content (AvgIpc) is 3.23. The molecule has 158 valence electrons. The first-order chi connectivity index (χ1) is 14.3. The number of halogens is 1. The van der Waals surface area contributed by atoms with Crippen molar-refractivity contribution in [2.24, 2.45) is 0 Å². The minimum absolute atomic E-state index is 0.0251. The van der Waals surface area contributed by atoms with Gasteiger partial charge in [0.05, 0.1) is 6.33 Å². The summed E-state index contributed by atoms with van der Waals surface area (Å²) in [5.74, 6) is -0.287. The van der Waals surface area contributed by atoms with Crippen molar-refractivity contribution in [3.63, 3.8) is 0 Å². The molecule has 12 heteroatoms. The Morgan fingerprint density at radius 2 is 1.97 bits per heavy atom. The molecule has 0 unspecified atom stereocenters. The quantitative estimate of drug-likeness (QED) is 0.349. The fraction of sp³-hybridized carbons (Fsp3) is 0.333. The number of nitrogens with zero attached hydrogens (tertiary/aromatic N) is 4. The van der Waals surface area contributed by atoms with Crippen LogP contribution in [0.1, 0.15) is 18.7 Å². The predicted octanol–water partition coefficient (Wildman–Crippen LogP) is 0.537. The fourth-order valence-electron chi connectivity index (χ4n) is 2.99. The Kier molecular flexibility index (Phi) is 5.84. The Balaban J connectivity index is 1.71. The summed E-state index contributed by atoms with van der Waals surface area (Å²) in [5, 5.41) is 32.2. The zero-order valence-corrected chi connectivity index (χ0v) is 17.8. The predicted molar refractivity (Wildman–Crippen MR) is 111 cm³/mol. The molecule has 1 aliphatic heterocycles. The number of rotatable bonds is 5. The van der Waals surface area contributed by atoms with Gasteiger partial charge in [0.15, 0.2) is 23.7 Å². The van der Waals surface area contributed by atoms with Gasteiger partial charge in [-0.05, 0) is 40.3 Å². The molecule has 0 saturated carbocycles. The summed E-state index contributed by atoms with van der Waals surface area (Å²) < 4.78 is 13.5. The van der Waals surface area contributed by atoms with Crippen molar-refractivity contribution >= 4 is 45.6 Å².